The largest absolute Gasteiger partial charge is 0.360 e. The number of nitrogens with zero attached hydrogens (tertiary/aromatic N) is 2. The molecule has 0 aliphatic carbocycles. The predicted octanol–water partition coefficient (Wildman–Crippen LogP) is 5.03. The molecule has 0 N–H and O–H groups in total. The van der Waals surface area contributed by atoms with E-state index in [1.54, 1.807) is 0 Å². The van der Waals surface area contributed by atoms with Gasteiger partial charge in [0, 0.05) is 25.6 Å². The fraction of sp³-hybridized carbons (Fsp3) is 0.944. The van der Waals surface area contributed by atoms with Crippen LogP contribution in [-0.4, -0.2) is 30.4 Å². The van der Waals surface area contributed by atoms with Crippen molar-refractivity contribution in [2.45, 2.75) is 84.0 Å². The number of rotatable bonds is 8. The third kappa shape index (κ3) is 5.10. The molecule has 0 aromatic carbocycles. The van der Waals surface area contributed by atoms with Crippen LogP contribution >= 0.6 is 0 Å². The Morgan fingerprint density at radius 3 is 2.55 bits per heavy atom. The van der Waals surface area contributed by atoms with Gasteiger partial charge in [-0.1, -0.05) is 58.3 Å². The van der Waals surface area contributed by atoms with Crippen molar-refractivity contribution in [1.82, 2.24) is 4.90 Å². The van der Waals surface area contributed by atoms with Crippen molar-refractivity contribution in [2.24, 2.45) is 10.9 Å². The van der Waals surface area contributed by atoms with Gasteiger partial charge in [0.2, 0.25) is 0 Å². The number of aliphatic imine (C=N–C) groups is 1. The van der Waals surface area contributed by atoms with Gasteiger partial charge >= 0.3 is 0 Å². The molecule has 2 nitrogen and oxygen atoms in total. The molecule has 1 atom stereocenters. The van der Waals surface area contributed by atoms with E-state index in [0.29, 0.717) is 0 Å². The van der Waals surface area contributed by atoms with Crippen LogP contribution in [0.1, 0.15) is 84.0 Å². The van der Waals surface area contributed by atoms with Crippen molar-refractivity contribution >= 4 is 5.84 Å². The van der Waals surface area contributed by atoms with Crippen LogP contribution in [-0.2, 0) is 0 Å². The summed E-state index contributed by atoms with van der Waals surface area (Å²) in [5, 5.41) is 0. The molecule has 1 unspecified atom stereocenters. The Bertz CT molecular complexity index is 285. The molecule has 2 aliphatic heterocycles. The highest BCUT2D eigenvalue weighted by Gasteiger charge is 2.25. The van der Waals surface area contributed by atoms with Gasteiger partial charge in [0.15, 0.2) is 0 Å². The summed E-state index contributed by atoms with van der Waals surface area (Å²) in [5.41, 5.74) is 0. The normalized spacial score (nSPS) is 23.1. The zero-order valence-corrected chi connectivity index (χ0v) is 13.6. The van der Waals surface area contributed by atoms with Gasteiger partial charge in [-0.25, -0.2) is 0 Å². The van der Waals surface area contributed by atoms with Gasteiger partial charge in [0.1, 0.15) is 5.84 Å². The van der Waals surface area contributed by atoms with Crippen molar-refractivity contribution in [3.63, 3.8) is 0 Å². The zero-order valence-electron chi connectivity index (χ0n) is 13.6. The van der Waals surface area contributed by atoms with Crippen LogP contribution in [0.25, 0.3) is 0 Å². The van der Waals surface area contributed by atoms with Crippen molar-refractivity contribution in [3.05, 3.63) is 0 Å². The third-order valence-corrected chi connectivity index (χ3v) is 4.94. The highest BCUT2D eigenvalue weighted by molar-refractivity contribution is 5.85. The first-order valence-electron chi connectivity index (χ1n) is 9.21. The maximum absolute atomic E-state index is 4.87. The molecule has 0 bridgehead atoms. The molecular weight excluding hydrogens is 244 g/mol. The lowest BCUT2D eigenvalue weighted by molar-refractivity contribution is 0.378. The lowest BCUT2D eigenvalue weighted by Crippen LogP contribution is -2.39. The topological polar surface area (TPSA) is 15.6 Å². The van der Waals surface area contributed by atoms with Crippen molar-refractivity contribution < 1.29 is 0 Å². The Kier molecular flexibility index (Phi) is 7.46. The summed E-state index contributed by atoms with van der Waals surface area (Å²) in [6, 6.07) is 0. The van der Waals surface area contributed by atoms with Crippen molar-refractivity contribution in [3.8, 4) is 0 Å². The summed E-state index contributed by atoms with van der Waals surface area (Å²) in [6.07, 6.45) is 16.8. The van der Waals surface area contributed by atoms with Gasteiger partial charge in [-0.3, -0.25) is 4.99 Å². The number of amidine groups is 1. The Hall–Kier alpha value is -0.530. The highest BCUT2D eigenvalue weighted by atomic mass is 15.2. The Labute approximate surface area is 126 Å². The van der Waals surface area contributed by atoms with E-state index in [9.17, 15) is 0 Å². The van der Waals surface area contributed by atoms with Gasteiger partial charge in [-0.05, 0) is 25.7 Å². The lowest BCUT2D eigenvalue weighted by Gasteiger charge is -2.31. The third-order valence-electron chi connectivity index (χ3n) is 4.94. The average molecular weight is 278 g/mol. The molecule has 2 heterocycles. The molecule has 0 radical (unpaired) electrons. The second kappa shape index (κ2) is 9.41. The SMILES string of the molecule is CCCCCCCCCC1CCCCN2CCCN=C12. The van der Waals surface area contributed by atoms with Gasteiger partial charge < -0.3 is 4.90 Å². The Morgan fingerprint density at radius 1 is 0.950 bits per heavy atom. The molecule has 0 spiro atoms. The maximum Gasteiger partial charge on any atom is 0.102 e. The summed E-state index contributed by atoms with van der Waals surface area (Å²) >= 11 is 0. The first-order valence-corrected chi connectivity index (χ1v) is 9.21. The Balaban J connectivity index is 1.66. The van der Waals surface area contributed by atoms with Crippen molar-refractivity contribution in [1.29, 1.82) is 0 Å². The summed E-state index contributed by atoms with van der Waals surface area (Å²) in [4.78, 5) is 7.47. The molecule has 0 saturated carbocycles. The smallest absolute Gasteiger partial charge is 0.102 e. The fourth-order valence-electron chi connectivity index (χ4n) is 3.73. The van der Waals surface area contributed by atoms with E-state index in [4.69, 9.17) is 4.99 Å². The van der Waals surface area contributed by atoms with E-state index in [-0.39, 0.29) is 0 Å². The number of unbranched alkanes of at least 4 members (excludes halogenated alkanes) is 6. The van der Waals surface area contributed by atoms with Crippen LogP contribution in [0.15, 0.2) is 4.99 Å². The van der Waals surface area contributed by atoms with Gasteiger partial charge in [-0.2, -0.15) is 0 Å². The van der Waals surface area contributed by atoms with Crippen LogP contribution in [0.2, 0.25) is 0 Å². The predicted molar refractivity (Wildman–Crippen MR) is 88.4 cm³/mol. The molecule has 0 aromatic rings. The maximum atomic E-state index is 4.87. The summed E-state index contributed by atoms with van der Waals surface area (Å²) in [7, 11) is 0. The van der Waals surface area contributed by atoms with Gasteiger partial charge in [-0.15, -0.1) is 0 Å². The van der Waals surface area contributed by atoms with Crippen LogP contribution in [0, 0.1) is 5.92 Å². The number of hydrogen-bond donors (Lipinski definition) is 0. The average Bonchev–Trinajstić information content (AvgIpc) is 2.69. The standard InChI is InChI=1S/C18H34N2/c1-2-3-4-5-6-7-8-12-17-13-9-10-15-20-16-11-14-19-18(17)20/h17H,2-16H2,1H3. The van der Waals surface area contributed by atoms with E-state index in [1.165, 1.54) is 96.0 Å². The molecule has 0 amide bonds. The minimum absolute atomic E-state index is 0.786. The molecule has 2 aliphatic rings. The number of hydrogen-bond acceptors (Lipinski definition) is 2. The second-order valence-electron chi connectivity index (χ2n) is 6.68. The molecule has 116 valence electrons. The van der Waals surface area contributed by atoms with E-state index >= 15 is 0 Å². The monoisotopic (exact) mass is 278 g/mol. The summed E-state index contributed by atoms with van der Waals surface area (Å²) < 4.78 is 0. The number of fused-ring (bicyclic) bond motifs is 1. The molecule has 20 heavy (non-hydrogen) atoms. The summed E-state index contributed by atoms with van der Waals surface area (Å²) in [6.45, 7) is 5.92. The molecule has 2 heteroatoms. The highest BCUT2D eigenvalue weighted by Crippen LogP contribution is 2.26. The van der Waals surface area contributed by atoms with Crippen LogP contribution in [0.3, 0.4) is 0 Å². The van der Waals surface area contributed by atoms with E-state index in [2.05, 4.69) is 11.8 Å². The van der Waals surface area contributed by atoms with Crippen LogP contribution < -0.4 is 0 Å². The van der Waals surface area contributed by atoms with Gasteiger partial charge in [0.05, 0.1) is 0 Å². The molecule has 0 aromatic heterocycles. The minimum atomic E-state index is 0.786. The first-order chi connectivity index (χ1) is 9.92. The molecule has 1 saturated heterocycles. The lowest BCUT2D eigenvalue weighted by atomic mass is 9.94. The molecule has 2 rings (SSSR count). The summed E-state index contributed by atoms with van der Waals surface area (Å²) in [5.74, 6) is 2.27. The Morgan fingerprint density at radius 2 is 1.70 bits per heavy atom. The van der Waals surface area contributed by atoms with Crippen molar-refractivity contribution in [2.75, 3.05) is 19.6 Å². The first kappa shape index (κ1) is 15.9. The second-order valence-corrected chi connectivity index (χ2v) is 6.68. The van der Waals surface area contributed by atoms with E-state index < -0.39 is 0 Å². The van der Waals surface area contributed by atoms with Crippen LogP contribution in [0.4, 0.5) is 0 Å². The molecular formula is C18H34N2. The van der Waals surface area contributed by atoms with Gasteiger partial charge in [0.25, 0.3) is 0 Å². The van der Waals surface area contributed by atoms with E-state index in [1.807, 2.05) is 0 Å². The quantitative estimate of drug-likeness (QED) is 0.568. The minimum Gasteiger partial charge on any atom is -0.360 e. The molecule has 1 fully saturated rings. The van der Waals surface area contributed by atoms with E-state index in [0.717, 1.165) is 12.5 Å². The van der Waals surface area contributed by atoms with Crippen LogP contribution in [0.5, 0.6) is 0 Å². The zero-order chi connectivity index (χ0) is 14.0. The fourth-order valence-corrected chi connectivity index (χ4v) is 3.73.